The van der Waals surface area contributed by atoms with Gasteiger partial charge < -0.3 is 15.4 Å². The molecule has 2 heterocycles. The SMILES string of the molecule is CCN(CC1CCCO1)C(=O)c1[nH]ncc1N. The first-order chi connectivity index (χ1) is 8.22. The predicted molar refractivity (Wildman–Crippen MR) is 63.6 cm³/mol. The van der Waals surface area contributed by atoms with E-state index in [0.717, 1.165) is 19.4 Å². The van der Waals surface area contributed by atoms with Gasteiger partial charge in [0.05, 0.1) is 18.0 Å². The van der Waals surface area contributed by atoms with Crippen molar-refractivity contribution in [3.8, 4) is 0 Å². The summed E-state index contributed by atoms with van der Waals surface area (Å²) in [6, 6.07) is 0. The van der Waals surface area contributed by atoms with Gasteiger partial charge in [0.25, 0.3) is 5.91 Å². The van der Waals surface area contributed by atoms with Crippen LogP contribution in [0, 0.1) is 0 Å². The molecule has 1 saturated heterocycles. The van der Waals surface area contributed by atoms with Gasteiger partial charge in [-0.05, 0) is 19.8 Å². The second kappa shape index (κ2) is 5.18. The standard InChI is InChI=1S/C11H18N4O2/c1-2-15(7-8-4-3-5-17-8)11(16)10-9(12)6-13-14-10/h6,8H,2-5,7,12H2,1H3,(H,13,14). The molecule has 6 nitrogen and oxygen atoms in total. The third kappa shape index (κ3) is 2.58. The Labute approximate surface area is 100 Å². The Morgan fingerprint density at radius 3 is 3.12 bits per heavy atom. The van der Waals surface area contributed by atoms with Crippen LogP contribution in [0.3, 0.4) is 0 Å². The Morgan fingerprint density at radius 1 is 1.76 bits per heavy atom. The number of aromatic nitrogens is 2. The lowest BCUT2D eigenvalue weighted by molar-refractivity contribution is 0.0535. The van der Waals surface area contributed by atoms with Crippen molar-refractivity contribution in [1.29, 1.82) is 0 Å². The van der Waals surface area contributed by atoms with E-state index in [4.69, 9.17) is 10.5 Å². The van der Waals surface area contributed by atoms with E-state index >= 15 is 0 Å². The highest BCUT2D eigenvalue weighted by atomic mass is 16.5. The molecule has 0 aromatic carbocycles. The minimum Gasteiger partial charge on any atom is -0.396 e. The highest BCUT2D eigenvalue weighted by Crippen LogP contribution is 2.16. The number of rotatable bonds is 4. The number of nitrogens with two attached hydrogens (primary N) is 1. The average molecular weight is 238 g/mol. The van der Waals surface area contributed by atoms with Gasteiger partial charge in [0.15, 0.2) is 0 Å². The number of nitrogen functional groups attached to an aromatic ring is 1. The smallest absolute Gasteiger partial charge is 0.274 e. The average Bonchev–Trinajstić information content (AvgIpc) is 2.96. The fraction of sp³-hybridized carbons (Fsp3) is 0.636. The zero-order chi connectivity index (χ0) is 12.3. The van der Waals surface area contributed by atoms with Gasteiger partial charge in [-0.25, -0.2) is 0 Å². The number of hydrogen-bond acceptors (Lipinski definition) is 4. The predicted octanol–water partition coefficient (Wildman–Crippen LogP) is 0.633. The Kier molecular flexibility index (Phi) is 3.63. The normalized spacial score (nSPS) is 19.5. The lowest BCUT2D eigenvalue weighted by atomic mass is 10.2. The molecule has 2 rings (SSSR count). The summed E-state index contributed by atoms with van der Waals surface area (Å²) in [6.45, 7) is 3.99. The van der Waals surface area contributed by atoms with Crippen LogP contribution in [0.1, 0.15) is 30.3 Å². The molecule has 1 aromatic heterocycles. The molecule has 1 aromatic rings. The number of ether oxygens (including phenoxy) is 1. The molecule has 0 saturated carbocycles. The van der Waals surface area contributed by atoms with Gasteiger partial charge in [0, 0.05) is 19.7 Å². The molecule has 1 aliphatic rings. The number of nitrogens with zero attached hydrogens (tertiary/aromatic N) is 2. The molecule has 1 unspecified atom stereocenters. The lowest BCUT2D eigenvalue weighted by Gasteiger charge is -2.23. The fourth-order valence-corrected chi connectivity index (χ4v) is 2.01. The molecule has 3 N–H and O–H groups in total. The number of H-pyrrole nitrogens is 1. The molecule has 1 amide bonds. The number of anilines is 1. The van der Waals surface area contributed by atoms with E-state index < -0.39 is 0 Å². The maximum Gasteiger partial charge on any atom is 0.274 e. The van der Waals surface area contributed by atoms with Crippen molar-refractivity contribution in [3.05, 3.63) is 11.9 Å². The summed E-state index contributed by atoms with van der Waals surface area (Å²) in [4.78, 5) is 13.9. The first-order valence-corrected chi connectivity index (χ1v) is 5.92. The number of aromatic amines is 1. The third-order valence-corrected chi connectivity index (χ3v) is 3.00. The first kappa shape index (κ1) is 11.9. The monoisotopic (exact) mass is 238 g/mol. The summed E-state index contributed by atoms with van der Waals surface area (Å²) in [7, 11) is 0. The van der Waals surface area contributed by atoms with Gasteiger partial charge in [-0.15, -0.1) is 0 Å². The van der Waals surface area contributed by atoms with Crippen LogP contribution >= 0.6 is 0 Å². The highest BCUT2D eigenvalue weighted by molar-refractivity contribution is 5.96. The molecule has 0 aliphatic carbocycles. The quantitative estimate of drug-likeness (QED) is 0.806. The molecule has 94 valence electrons. The van der Waals surface area contributed by atoms with Gasteiger partial charge in [0.1, 0.15) is 5.69 Å². The van der Waals surface area contributed by atoms with E-state index in [-0.39, 0.29) is 12.0 Å². The molecule has 0 radical (unpaired) electrons. The van der Waals surface area contributed by atoms with Crippen LogP contribution in [0.5, 0.6) is 0 Å². The summed E-state index contributed by atoms with van der Waals surface area (Å²) in [5.74, 6) is -0.113. The van der Waals surface area contributed by atoms with Crippen molar-refractivity contribution < 1.29 is 9.53 Å². The number of nitrogens with one attached hydrogen (secondary N) is 1. The molecule has 17 heavy (non-hydrogen) atoms. The summed E-state index contributed by atoms with van der Waals surface area (Å²) in [5.41, 5.74) is 6.42. The van der Waals surface area contributed by atoms with Crippen molar-refractivity contribution in [2.24, 2.45) is 0 Å². The van der Waals surface area contributed by atoms with Gasteiger partial charge in [0.2, 0.25) is 0 Å². The molecule has 1 aliphatic heterocycles. The summed E-state index contributed by atoms with van der Waals surface area (Å²) in [6.07, 6.45) is 3.70. The minimum absolute atomic E-state index is 0.113. The van der Waals surface area contributed by atoms with E-state index in [1.807, 2.05) is 6.92 Å². The maximum atomic E-state index is 12.2. The summed E-state index contributed by atoms with van der Waals surface area (Å²) >= 11 is 0. The molecule has 0 spiro atoms. The Bertz CT molecular complexity index is 385. The van der Waals surface area contributed by atoms with Crippen LogP contribution in [0.15, 0.2) is 6.20 Å². The lowest BCUT2D eigenvalue weighted by Crippen LogP contribution is -2.37. The number of amides is 1. The van der Waals surface area contributed by atoms with Crippen molar-refractivity contribution in [3.63, 3.8) is 0 Å². The molecular formula is C11H18N4O2. The number of likely N-dealkylation sites (N-methyl/N-ethyl adjacent to an activating group) is 1. The van der Waals surface area contributed by atoms with Crippen LogP contribution in [-0.4, -0.2) is 46.8 Å². The number of carbonyl (C=O) groups excluding carboxylic acids is 1. The topological polar surface area (TPSA) is 84.2 Å². The van der Waals surface area contributed by atoms with Crippen molar-refractivity contribution in [2.45, 2.75) is 25.9 Å². The highest BCUT2D eigenvalue weighted by Gasteiger charge is 2.24. The Balaban J connectivity index is 2.02. The minimum atomic E-state index is -0.113. The van der Waals surface area contributed by atoms with Crippen LogP contribution in [0.25, 0.3) is 0 Å². The first-order valence-electron chi connectivity index (χ1n) is 5.92. The third-order valence-electron chi connectivity index (χ3n) is 3.00. The largest absolute Gasteiger partial charge is 0.396 e. The van der Waals surface area contributed by atoms with Crippen LogP contribution in [0.4, 0.5) is 5.69 Å². The summed E-state index contributed by atoms with van der Waals surface area (Å²) < 4.78 is 5.53. The van der Waals surface area contributed by atoms with Crippen LogP contribution < -0.4 is 5.73 Å². The second-order valence-corrected chi connectivity index (χ2v) is 4.18. The molecule has 6 heteroatoms. The van der Waals surface area contributed by atoms with Crippen molar-refractivity contribution >= 4 is 11.6 Å². The second-order valence-electron chi connectivity index (χ2n) is 4.18. The molecule has 1 atom stereocenters. The fourth-order valence-electron chi connectivity index (χ4n) is 2.01. The van der Waals surface area contributed by atoms with Crippen LogP contribution in [-0.2, 0) is 4.74 Å². The van der Waals surface area contributed by atoms with E-state index in [1.165, 1.54) is 6.20 Å². The Morgan fingerprint density at radius 2 is 2.59 bits per heavy atom. The molecule has 0 bridgehead atoms. The van der Waals surface area contributed by atoms with Gasteiger partial charge in [-0.3, -0.25) is 9.89 Å². The van der Waals surface area contributed by atoms with Crippen molar-refractivity contribution in [1.82, 2.24) is 15.1 Å². The Hall–Kier alpha value is -1.56. The maximum absolute atomic E-state index is 12.2. The van der Waals surface area contributed by atoms with E-state index in [0.29, 0.717) is 24.5 Å². The number of carbonyl (C=O) groups is 1. The van der Waals surface area contributed by atoms with Crippen molar-refractivity contribution in [2.75, 3.05) is 25.4 Å². The van der Waals surface area contributed by atoms with Gasteiger partial charge in [-0.2, -0.15) is 5.10 Å². The molecule has 1 fully saturated rings. The number of hydrogen-bond donors (Lipinski definition) is 2. The van der Waals surface area contributed by atoms with Gasteiger partial charge >= 0.3 is 0 Å². The van der Waals surface area contributed by atoms with E-state index in [1.54, 1.807) is 4.90 Å². The summed E-state index contributed by atoms with van der Waals surface area (Å²) in [5, 5.41) is 6.40. The van der Waals surface area contributed by atoms with E-state index in [2.05, 4.69) is 10.2 Å². The zero-order valence-corrected chi connectivity index (χ0v) is 9.98. The van der Waals surface area contributed by atoms with Crippen LogP contribution in [0.2, 0.25) is 0 Å². The molecular weight excluding hydrogens is 220 g/mol. The van der Waals surface area contributed by atoms with E-state index in [9.17, 15) is 4.79 Å². The van der Waals surface area contributed by atoms with Gasteiger partial charge in [-0.1, -0.05) is 0 Å². The zero-order valence-electron chi connectivity index (χ0n) is 9.98.